The number of anilines is 1. The number of hydrogen-bond acceptors (Lipinski definition) is 3. The molecule has 0 saturated heterocycles. The Balaban J connectivity index is 2.75. The van der Waals surface area contributed by atoms with Gasteiger partial charge in [0.05, 0.1) is 5.69 Å². The zero-order chi connectivity index (χ0) is 13.6. The molecule has 1 rings (SSSR count). The van der Waals surface area contributed by atoms with Crippen molar-refractivity contribution < 1.29 is 8.42 Å². The van der Waals surface area contributed by atoms with E-state index in [9.17, 15) is 8.42 Å². The number of benzene rings is 1. The van der Waals surface area contributed by atoms with Crippen molar-refractivity contribution in [2.24, 2.45) is 5.73 Å². The third kappa shape index (κ3) is 4.29. The van der Waals surface area contributed by atoms with E-state index in [1.54, 1.807) is 25.2 Å². The fourth-order valence-electron chi connectivity index (χ4n) is 1.49. The Morgan fingerprint density at radius 1 is 1.39 bits per heavy atom. The summed E-state index contributed by atoms with van der Waals surface area (Å²) in [6, 6.07) is 7.10. The Labute approximate surface area is 109 Å². The molecule has 3 N–H and O–H groups in total. The first-order valence-corrected chi connectivity index (χ1v) is 7.46. The lowest BCUT2D eigenvalue weighted by Crippen LogP contribution is -2.33. The van der Waals surface area contributed by atoms with Gasteiger partial charge in [0.25, 0.3) is 0 Å². The number of nitrogens with zero attached hydrogens (tertiary/aromatic N) is 1. The van der Waals surface area contributed by atoms with E-state index in [0.717, 1.165) is 18.4 Å². The molecule has 0 aliphatic rings. The fourth-order valence-corrected chi connectivity index (χ4v) is 2.44. The van der Waals surface area contributed by atoms with Gasteiger partial charge in [0.15, 0.2) is 0 Å². The van der Waals surface area contributed by atoms with Gasteiger partial charge in [-0.25, -0.2) is 0 Å². The van der Waals surface area contributed by atoms with Crippen molar-refractivity contribution in [1.82, 2.24) is 4.31 Å². The highest BCUT2D eigenvalue weighted by molar-refractivity contribution is 7.90. The van der Waals surface area contributed by atoms with Crippen LogP contribution in [0.1, 0.15) is 25.3 Å². The van der Waals surface area contributed by atoms with Crippen molar-refractivity contribution in [3.8, 4) is 0 Å². The van der Waals surface area contributed by atoms with Crippen LogP contribution in [0, 0.1) is 0 Å². The Morgan fingerprint density at radius 2 is 2.11 bits per heavy atom. The van der Waals surface area contributed by atoms with Crippen LogP contribution in [0.3, 0.4) is 0 Å². The molecule has 1 aromatic rings. The van der Waals surface area contributed by atoms with Gasteiger partial charge >= 0.3 is 10.2 Å². The monoisotopic (exact) mass is 271 g/mol. The summed E-state index contributed by atoms with van der Waals surface area (Å²) < 4.78 is 27.8. The fraction of sp³-hybridized carbons (Fsp3) is 0.500. The van der Waals surface area contributed by atoms with Gasteiger partial charge in [-0.1, -0.05) is 25.5 Å². The number of rotatable bonds is 7. The van der Waals surface area contributed by atoms with Gasteiger partial charge in [-0.2, -0.15) is 12.7 Å². The van der Waals surface area contributed by atoms with E-state index in [0.29, 0.717) is 18.8 Å². The quantitative estimate of drug-likeness (QED) is 0.789. The summed E-state index contributed by atoms with van der Waals surface area (Å²) in [5.41, 5.74) is 6.96. The lowest BCUT2D eigenvalue weighted by atomic mass is 10.2. The molecule has 0 spiro atoms. The molecular formula is C12H21N3O2S. The predicted molar refractivity (Wildman–Crippen MR) is 74.4 cm³/mol. The number of unbranched alkanes of at least 4 members (excludes halogenated alkanes) is 1. The van der Waals surface area contributed by atoms with E-state index in [2.05, 4.69) is 4.72 Å². The molecule has 0 aromatic heterocycles. The van der Waals surface area contributed by atoms with Crippen LogP contribution in [-0.4, -0.2) is 26.3 Å². The summed E-state index contributed by atoms with van der Waals surface area (Å²) in [5, 5.41) is 0. The minimum atomic E-state index is -3.47. The maximum Gasteiger partial charge on any atom is 0.301 e. The summed E-state index contributed by atoms with van der Waals surface area (Å²) >= 11 is 0. The molecule has 6 heteroatoms. The Kier molecular flexibility index (Phi) is 5.58. The predicted octanol–water partition coefficient (Wildman–Crippen LogP) is 1.53. The van der Waals surface area contributed by atoms with Crippen LogP contribution < -0.4 is 10.5 Å². The standard InChI is InChI=1S/C12H21N3O2S/c1-3-4-8-15(2)18(16,17)14-12-7-5-6-11(9-12)10-13/h5-7,9,14H,3-4,8,10,13H2,1-2H3. The highest BCUT2D eigenvalue weighted by Gasteiger charge is 2.16. The van der Waals surface area contributed by atoms with Gasteiger partial charge < -0.3 is 5.73 Å². The molecule has 1 aromatic carbocycles. The number of nitrogens with one attached hydrogen (secondary N) is 1. The summed E-state index contributed by atoms with van der Waals surface area (Å²) in [7, 11) is -1.89. The van der Waals surface area contributed by atoms with E-state index in [1.807, 2.05) is 13.0 Å². The van der Waals surface area contributed by atoms with Crippen LogP contribution in [-0.2, 0) is 16.8 Å². The molecule has 18 heavy (non-hydrogen) atoms. The lowest BCUT2D eigenvalue weighted by molar-refractivity contribution is 0.463. The molecule has 0 aliphatic carbocycles. The average Bonchev–Trinajstić information content (AvgIpc) is 2.35. The van der Waals surface area contributed by atoms with Crippen LogP contribution in [0.2, 0.25) is 0 Å². The maximum atomic E-state index is 12.0. The van der Waals surface area contributed by atoms with Crippen molar-refractivity contribution in [1.29, 1.82) is 0 Å². The van der Waals surface area contributed by atoms with Crippen LogP contribution >= 0.6 is 0 Å². The highest BCUT2D eigenvalue weighted by atomic mass is 32.2. The SMILES string of the molecule is CCCCN(C)S(=O)(=O)Nc1cccc(CN)c1. The second kappa shape index (κ2) is 6.72. The summed E-state index contributed by atoms with van der Waals surface area (Å²) in [6.07, 6.45) is 1.81. The van der Waals surface area contributed by atoms with Gasteiger partial charge in [0.1, 0.15) is 0 Å². The summed E-state index contributed by atoms with van der Waals surface area (Å²) in [6.45, 7) is 2.93. The topological polar surface area (TPSA) is 75.4 Å². The van der Waals surface area contributed by atoms with Crippen LogP contribution in [0.15, 0.2) is 24.3 Å². The van der Waals surface area contributed by atoms with Crippen molar-refractivity contribution in [3.63, 3.8) is 0 Å². The van der Waals surface area contributed by atoms with Gasteiger partial charge in [-0.3, -0.25) is 4.72 Å². The first-order valence-electron chi connectivity index (χ1n) is 6.02. The molecule has 0 radical (unpaired) electrons. The molecule has 0 amide bonds. The van der Waals surface area contributed by atoms with E-state index in [1.165, 1.54) is 4.31 Å². The third-order valence-electron chi connectivity index (χ3n) is 2.65. The van der Waals surface area contributed by atoms with Crippen molar-refractivity contribution in [2.75, 3.05) is 18.3 Å². The second-order valence-electron chi connectivity index (χ2n) is 4.19. The first-order chi connectivity index (χ1) is 8.49. The molecule has 0 heterocycles. The smallest absolute Gasteiger partial charge is 0.301 e. The zero-order valence-electron chi connectivity index (χ0n) is 10.9. The van der Waals surface area contributed by atoms with E-state index in [4.69, 9.17) is 5.73 Å². The van der Waals surface area contributed by atoms with Crippen LogP contribution in [0.4, 0.5) is 5.69 Å². The first kappa shape index (κ1) is 14.9. The molecule has 0 aliphatic heterocycles. The molecule has 0 atom stereocenters. The minimum absolute atomic E-state index is 0.390. The Bertz CT molecular complexity index is 474. The van der Waals surface area contributed by atoms with Gasteiger partial charge in [-0.05, 0) is 24.1 Å². The number of hydrogen-bond donors (Lipinski definition) is 2. The molecule has 0 fully saturated rings. The van der Waals surface area contributed by atoms with Crippen LogP contribution in [0.25, 0.3) is 0 Å². The average molecular weight is 271 g/mol. The summed E-state index contributed by atoms with van der Waals surface area (Å²) in [5.74, 6) is 0. The molecule has 0 bridgehead atoms. The largest absolute Gasteiger partial charge is 0.326 e. The zero-order valence-corrected chi connectivity index (χ0v) is 11.7. The number of nitrogens with two attached hydrogens (primary N) is 1. The Hall–Kier alpha value is -1.11. The van der Waals surface area contributed by atoms with Gasteiger partial charge in [0.2, 0.25) is 0 Å². The molecule has 102 valence electrons. The van der Waals surface area contributed by atoms with Gasteiger partial charge in [-0.15, -0.1) is 0 Å². The van der Waals surface area contributed by atoms with E-state index in [-0.39, 0.29) is 0 Å². The lowest BCUT2D eigenvalue weighted by Gasteiger charge is -2.18. The van der Waals surface area contributed by atoms with Crippen molar-refractivity contribution in [2.45, 2.75) is 26.3 Å². The Morgan fingerprint density at radius 3 is 2.72 bits per heavy atom. The van der Waals surface area contributed by atoms with E-state index >= 15 is 0 Å². The van der Waals surface area contributed by atoms with E-state index < -0.39 is 10.2 Å². The highest BCUT2D eigenvalue weighted by Crippen LogP contribution is 2.13. The molecule has 0 unspecified atom stereocenters. The van der Waals surface area contributed by atoms with Crippen molar-refractivity contribution >= 4 is 15.9 Å². The summed E-state index contributed by atoms with van der Waals surface area (Å²) in [4.78, 5) is 0. The minimum Gasteiger partial charge on any atom is -0.326 e. The molecule has 0 saturated carbocycles. The second-order valence-corrected chi connectivity index (χ2v) is 5.96. The van der Waals surface area contributed by atoms with Crippen LogP contribution in [0.5, 0.6) is 0 Å². The third-order valence-corrected chi connectivity index (χ3v) is 4.14. The van der Waals surface area contributed by atoms with Crippen molar-refractivity contribution in [3.05, 3.63) is 29.8 Å². The van der Waals surface area contributed by atoms with Gasteiger partial charge in [0, 0.05) is 20.1 Å². The normalized spacial score (nSPS) is 11.8. The maximum absolute atomic E-state index is 12.0. The molecule has 5 nitrogen and oxygen atoms in total. The molecular weight excluding hydrogens is 250 g/mol.